The van der Waals surface area contributed by atoms with Crippen LogP contribution < -0.4 is 10.2 Å². The van der Waals surface area contributed by atoms with Crippen molar-refractivity contribution in [2.24, 2.45) is 0 Å². The summed E-state index contributed by atoms with van der Waals surface area (Å²) in [6.45, 7) is 5.53. The molecule has 21 heavy (non-hydrogen) atoms. The molecular weight excluding hydrogens is 264 g/mol. The van der Waals surface area contributed by atoms with Gasteiger partial charge in [-0.15, -0.1) is 0 Å². The molecule has 0 saturated heterocycles. The summed E-state index contributed by atoms with van der Waals surface area (Å²) in [4.78, 5) is 13.8. The van der Waals surface area contributed by atoms with Gasteiger partial charge in [0.1, 0.15) is 5.60 Å². The van der Waals surface area contributed by atoms with Gasteiger partial charge in [-0.3, -0.25) is 5.32 Å². The molecule has 0 radical (unpaired) electrons. The Morgan fingerprint density at radius 1 is 1.05 bits per heavy atom. The summed E-state index contributed by atoms with van der Waals surface area (Å²) in [5.74, 6) is 0. The summed E-state index contributed by atoms with van der Waals surface area (Å²) >= 11 is 0. The topological polar surface area (TPSA) is 41.6 Å². The molecule has 4 heteroatoms. The Hall–Kier alpha value is -2.23. The molecule has 112 valence electrons. The lowest BCUT2D eigenvalue weighted by atomic mass is 10.1. The minimum Gasteiger partial charge on any atom is -0.444 e. The van der Waals surface area contributed by atoms with Crippen LogP contribution in [0.25, 0.3) is 10.8 Å². The van der Waals surface area contributed by atoms with E-state index < -0.39 is 11.7 Å². The van der Waals surface area contributed by atoms with Gasteiger partial charge >= 0.3 is 6.09 Å². The highest BCUT2D eigenvalue weighted by Crippen LogP contribution is 2.24. The first-order chi connectivity index (χ1) is 9.74. The molecule has 0 fully saturated rings. The van der Waals surface area contributed by atoms with Crippen molar-refractivity contribution in [1.29, 1.82) is 0 Å². The molecule has 0 heterocycles. The zero-order chi connectivity index (χ0) is 15.6. The molecule has 2 aromatic carbocycles. The van der Waals surface area contributed by atoms with Gasteiger partial charge in [0.15, 0.2) is 0 Å². The molecule has 0 unspecified atom stereocenters. The van der Waals surface area contributed by atoms with Gasteiger partial charge in [0.05, 0.1) is 0 Å². The molecule has 0 aliphatic carbocycles. The number of hydrogen-bond donors (Lipinski definition) is 1. The van der Waals surface area contributed by atoms with E-state index in [0.29, 0.717) is 0 Å². The van der Waals surface area contributed by atoms with E-state index in [2.05, 4.69) is 22.3 Å². The van der Waals surface area contributed by atoms with E-state index >= 15 is 0 Å². The van der Waals surface area contributed by atoms with Crippen molar-refractivity contribution in [2.45, 2.75) is 26.4 Å². The first kappa shape index (κ1) is 15.2. The molecule has 0 aliphatic rings. The summed E-state index contributed by atoms with van der Waals surface area (Å²) in [5.41, 5.74) is 1.38. The Morgan fingerprint density at radius 3 is 2.29 bits per heavy atom. The maximum absolute atomic E-state index is 11.8. The lowest BCUT2D eigenvalue weighted by molar-refractivity contribution is 0.0636. The molecule has 1 N–H and O–H groups in total. The largest absolute Gasteiger partial charge is 0.444 e. The van der Waals surface area contributed by atoms with Gasteiger partial charge in [0.25, 0.3) is 0 Å². The number of carbonyl (C=O) groups excluding carboxylic acids is 1. The van der Waals surface area contributed by atoms with Crippen LogP contribution in [0.3, 0.4) is 0 Å². The fourth-order valence-corrected chi connectivity index (χ4v) is 2.01. The van der Waals surface area contributed by atoms with Crippen LogP contribution in [0.1, 0.15) is 20.8 Å². The average Bonchev–Trinajstić information content (AvgIpc) is 2.35. The van der Waals surface area contributed by atoms with Crippen molar-refractivity contribution in [3.05, 3.63) is 36.4 Å². The predicted molar refractivity (Wildman–Crippen MR) is 88.1 cm³/mol. The van der Waals surface area contributed by atoms with Crippen molar-refractivity contribution >= 4 is 28.2 Å². The van der Waals surface area contributed by atoms with Crippen molar-refractivity contribution < 1.29 is 9.53 Å². The van der Waals surface area contributed by atoms with Crippen LogP contribution in [0.5, 0.6) is 0 Å². The number of benzene rings is 2. The number of rotatable bonds is 2. The number of nitrogens with zero attached hydrogens (tertiary/aromatic N) is 1. The van der Waals surface area contributed by atoms with Crippen LogP contribution in [-0.4, -0.2) is 25.8 Å². The highest BCUT2D eigenvalue weighted by molar-refractivity contribution is 5.92. The molecule has 2 aromatic rings. The molecule has 1 amide bonds. The van der Waals surface area contributed by atoms with Gasteiger partial charge in [0.2, 0.25) is 0 Å². The lowest BCUT2D eigenvalue weighted by Crippen LogP contribution is -2.27. The highest BCUT2D eigenvalue weighted by Gasteiger charge is 2.16. The van der Waals surface area contributed by atoms with Crippen molar-refractivity contribution in [1.82, 2.24) is 0 Å². The quantitative estimate of drug-likeness (QED) is 0.897. The van der Waals surface area contributed by atoms with Gasteiger partial charge in [0, 0.05) is 25.5 Å². The summed E-state index contributed by atoms with van der Waals surface area (Å²) in [6.07, 6.45) is -0.438. The van der Waals surface area contributed by atoms with Crippen molar-refractivity contribution in [2.75, 3.05) is 24.3 Å². The third-order valence-electron chi connectivity index (χ3n) is 2.99. The van der Waals surface area contributed by atoms with Crippen LogP contribution in [0.4, 0.5) is 16.2 Å². The zero-order valence-corrected chi connectivity index (χ0v) is 13.2. The number of hydrogen-bond acceptors (Lipinski definition) is 3. The number of anilines is 2. The Bertz CT molecular complexity index is 657. The number of nitrogens with one attached hydrogen (secondary N) is 1. The monoisotopic (exact) mass is 286 g/mol. The second-order valence-electron chi connectivity index (χ2n) is 6.27. The van der Waals surface area contributed by atoms with Crippen molar-refractivity contribution in [3.8, 4) is 0 Å². The third-order valence-corrected chi connectivity index (χ3v) is 2.99. The van der Waals surface area contributed by atoms with Gasteiger partial charge in [-0.05, 0) is 55.8 Å². The fourth-order valence-electron chi connectivity index (χ4n) is 2.01. The summed E-state index contributed by atoms with van der Waals surface area (Å²) in [7, 11) is 4.03. The van der Waals surface area contributed by atoms with E-state index in [1.165, 1.54) is 0 Å². The predicted octanol–water partition coefficient (Wildman–Crippen LogP) is 4.25. The average molecular weight is 286 g/mol. The fraction of sp³-hybridized carbons (Fsp3) is 0.353. The third kappa shape index (κ3) is 4.12. The minimum absolute atomic E-state index is 0.438. The normalized spacial score (nSPS) is 11.3. The number of amides is 1. The Morgan fingerprint density at radius 2 is 1.67 bits per heavy atom. The number of ether oxygens (including phenoxy) is 1. The first-order valence-electron chi connectivity index (χ1n) is 6.96. The molecule has 4 nitrogen and oxygen atoms in total. The van der Waals surface area contributed by atoms with E-state index in [9.17, 15) is 4.79 Å². The summed E-state index contributed by atoms with van der Waals surface area (Å²) in [6, 6.07) is 12.0. The first-order valence-corrected chi connectivity index (χ1v) is 6.96. The van der Waals surface area contributed by atoms with Crippen LogP contribution in [0, 0.1) is 0 Å². The van der Waals surface area contributed by atoms with E-state index in [4.69, 9.17) is 4.74 Å². The molecule has 0 aromatic heterocycles. The second kappa shape index (κ2) is 5.64. The van der Waals surface area contributed by atoms with Gasteiger partial charge in [-0.25, -0.2) is 4.79 Å². The maximum atomic E-state index is 11.8. The number of carbonyl (C=O) groups is 1. The van der Waals surface area contributed by atoms with Crippen molar-refractivity contribution in [3.63, 3.8) is 0 Å². The molecule has 2 rings (SSSR count). The van der Waals surface area contributed by atoms with E-state index in [1.54, 1.807) is 0 Å². The maximum Gasteiger partial charge on any atom is 0.412 e. The van der Waals surface area contributed by atoms with Crippen LogP contribution in [0.2, 0.25) is 0 Å². The van der Waals surface area contributed by atoms with Gasteiger partial charge in [-0.1, -0.05) is 12.1 Å². The van der Waals surface area contributed by atoms with Gasteiger partial charge < -0.3 is 9.64 Å². The molecule has 0 aliphatic heterocycles. The Balaban J connectivity index is 2.20. The number of fused-ring (bicyclic) bond motifs is 1. The van der Waals surface area contributed by atoms with Gasteiger partial charge in [-0.2, -0.15) is 0 Å². The molecule has 0 saturated carbocycles. The Kier molecular flexibility index (Phi) is 4.07. The standard InChI is InChI=1S/C17H22N2O2/c1-17(2,3)21-16(20)18-14-8-6-13-11-15(19(4)5)9-7-12(13)10-14/h6-11H,1-5H3,(H,18,20). The molecular formula is C17H22N2O2. The van der Waals surface area contributed by atoms with E-state index in [0.717, 1.165) is 22.1 Å². The minimum atomic E-state index is -0.498. The molecule has 0 atom stereocenters. The molecule has 0 spiro atoms. The zero-order valence-electron chi connectivity index (χ0n) is 13.2. The van der Waals surface area contributed by atoms with Crippen LogP contribution in [-0.2, 0) is 4.74 Å². The van der Waals surface area contributed by atoms with E-state index in [1.807, 2.05) is 59.1 Å². The van der Waals surface area contributed by atoms with Crippen LogP contribution in [0.15, 0.2) is 36.4 Å². The van der Waals surface area contributed by atoms with E-state index in [-0.39, 0.29) is 0 Å². The highest BCUT2D eigenvalue weighted by atomic mass is 16.6. The second-order valence-corrected chi connectivity index (χ2v) is 6.27. The molecule has 0 bridgehead atoms. The summed E-state index contributed by atoms with van der Waals surface area (Å²) < 4.78 is 5.25. The Labute approximate surface area is 125 Å². The smallest absolute Gasteiger partial charge is 0.412 e. The van der Waals surface area contributed by atoms with Crippen LogP contribution >= 0.6 is 0 Å². The summed E-state index contributed by atoms with van der Waals surface area (Å²) in [5, 5.41) is 4.97. The lowest BCUT2D eigenvalue weighted by Gasteiger charge is -2.19. The SMILES string of the molecule is CN(C)c1ccc2cc(NC(=O)OC(C)(C)C)ccc2c1.